The van der Waals surface area contributed by atoms with Crippen LogP contribution in [0.1, 0.15) is 38.3 Å². The molecule has 37 heavy (non-hydrogen) atoms. The van der Waals surface area contributed by atoms with Gasteiger partial charge in [0.1, 0.15) is 11.3 Å². The summed E-state index contributed by atoms with van der Waals surface area (Å²) in [6.07, 6.45) is -2.84. The average molecular weight is 509 g/mol. The molecule has 0 saturated carbocycles. The van der Waals surface area contributed by atoms with E-state index in [0.29, 0.717) is 30.8 Å². The molecule has 1 fully saturated rings. The molecule has 0 atom stereocenters. The van der Waals surface area contributed by atoms with Gasteiger partial charge in [0.2, 0.25) is 11.6 Å². The summed E-state index contributed by atoms with van der Waals surface area (Å²) in [5.74, 6) is -0.440. The first kappa shape index (κ1) is 24.8. The van der Waals surface area contributed by atoms with E-state index in [-0.39, 0.29) is 35.1 Å². The summed E-state index contributed by atoms with van der Waals surface area (Å²) in [6.45, 7) is 7.58. The van der Waals surface area contributed by atoms with Crippen molar-refractivity contribution in [1.82, 2.24) is 20.2 Å². The molecule has 1 aliphatic rings. The van der Waals surface area contributed by atoms with Crippen LogP contribution in [0, 0.1) is 5.92 Å². The third kappa shape index (κ3) is 5.43. The van der Waals surface area contributed by atoms with Gasteiger partial charge in [-0.15, -0.1) is 0 Å². The Kier molecular flexibility index (Phi) is 6.59. The predicted molar refractivity (Wildman–Crippen MR) is 130 cm³/mol. The van der Waals surface area contributed by atoms with Crippen LogP contribution in [0.2, 0.25) is 0 Å². The van der Waals surface area contributed by atoms with Crippen molar-refractivity contribution in [2.75, 3.05) is 13.1 Å². The van der Waals surface area contributed by atoms with Gasteiger partial charge in [0.25, 0.3) is 12.3 Å². The molecule has 8 nitrogen and oxygen atoms in total. The van der Waals surface area contributed by atoms with E-state index >= 15 is 0 Å². The first-order valence-electron chi connectivity index (χ1n) is 11.9. The van der Waals surface area contributed by atoms with Gasteiger partial charge in [0, 0.05) is 30.8 Å². The number of halogens is 2. The smallest absolute Gasteiger partial charge is 0.312 e. The fraction of sp³-hybridized carbons (Fsp3) is 0.333. The van der Waals surface area contributed by atoms with Gasteiger partial charge in [-0.1, -0.05) is 64.9 Å². The Morgan fingerprint density at radius 2 is 1.73 bits per heavy atom. The van der Waals surface area contributed by atoms with Crippen molar-refractivity contribution in [3.05, 3.63) is 65.7 Å². The Labute approximate surface area is 212 Å². The fourth-order valence-electron chi connectivity index (χ4n) is 4.14. The quantitative estimate of drug-likeness (QED) is 0.291. The number of esters is 1. The lowest BCUT2D eigenvalue weighted by Gasteiger charge is -2.38. The molecule has 0 aliphatic carbocycles. The molecule has 0 radical (unpaired) electrons. The number of carbonyl (C=O) groups excluding carboxylic acids is 1. The highest BCUT2D eigenvalue weighted by Gasteiger charge is 2.35. The van der Waals surface area contributed by atoms with Crippen LogP contribution in [0.4, 0.5) is 8.78 Å². The van der Waals surface area contributed by atoms with E-state index in [1.807, 2.05) is 45.0 Å². The van der Waals surface area contributed by atoms with E-state index in [0.717, 1.165) is 5.56 Å². The van der Waals surface area contributed by atoms with Crippen LogP contribution in [0.3, 0.4) is 0 Å². The topological polar surface area (TPSA) is 94.5 Å². The average Bonchev–Trinajstić information content (AvgIpc) is 3.48. The van der Waals surface area contributed by atoms with Crippen molar-refractivity contribution in [2.24, 2.45) is 5.92 Å². The van der Waals surface area contributed by atoms with Gasteiger partial charge >= 0.3 is 5.97 Å². The number of benzene rings is 2. The molecule has 0 N–H and O–H groups in total. The summed E-state index contributed by atoms with van der Waals surface area (Å²) in [5, 5.41) is 7.78. The molecule has 3 heterocycles. The second-order valence-corrected chi connectivity index (χ2v) is 9.99. The lowest BCUT2D eigenvalue weighted by molar-refractivity contribution is -0.166. The van der Waals surface area contributed by atoms with Crippen molar-refractivity contribution < 1.29 is 27.4 Å². The van der Waals surface area contributed by atoms with Gasteiger partial charge in [-0.25, -0.2) is 8.78 Å². The Morgan fingerprint density at radius 1 is 1.03 bits per heavy atom. The number of aromatic nitrogens is 3. The van der Waals surface area contributed by atoms with E-state index in [1.54, 1.807) is 30.3 Å². The van der Waals surface area contributed by atoms with Gasteiger partial charge in [-0.05, 0) is 26.3 Å². The third-order valence-corrected chi connectivity index (χ3v) is 5.93. The molecule has 192 valence electrons. The molecule has 2 aromatic carbocycles. The van der Waals surface area contributed by atoms with E-state index in [2.05, 4.69) is 20.2 Å². The van der Waals surface area contributed by atoms with E-state index < -0.39 is 17.6 Å². The van der Waals surface area contributed by atoms with Crippen molar-refractivity contribution in [2.45, 2.75) is 39.3 Å². The SMILES string of the molecule is CC(C)(C)OC(=O)C1CN(Cc2ccc(-c3noc(-c4onc(-c5ccccc5)c4C(F)F)n3)cc2)C1. The van der Waals surface area contributed by atoms with E-state index in [4.69, 9.17) is 13.8 Å². The highest BCUT2D eigenvalue weighted by atomic mass is 19.3. The van der Waals surface area contributed by atoms with Crippen molar-refractivity contribution in [3.63, 3.8) is 0 Å². The van der Waals surface area contributed by atoms with E-state index in [9.17, 15) is 13.6 Å². The Hall–Kier alpha value is -3.92. The molecule has 4 aromatic rings. The second kappa shape index (κ2) is 9.85. The number of likely N-dealkylation sites (tertiary alicyclic amines) is 1. The molecule has 2 aromatic heterocycles. The van der Waals surface area contributed by atoms with Gasteiger partial charge in [-0.2, -0.15) is 4.98 Å². The first-order valence-corrected chi connectivity index (χ1v) is 11.9. The zero-order chi connectivity index (χ0) is 26.2. The highest BCUT2D eigenvalue weighted by Crippen LogP contribution is 2.38. The lowest BCUT2D eigenvalue weighted by Crippen LogP contribution is -2.51. The van der Waals surface area contributed by atoms with Crippen LogP contribution in [0.5, 0.6) is 0 Å². The van der Waals surface area contributed by atoms with Crippen LogP contribution in [-0.2, 0) is 16.1 Å². The number of hydrogen-bond donors (Lipinski definition) is 0. The number of nitrogens with zero attached hydrogens (tertiary/aromatic N) is 4. The molecule has 5 rings (SSSR count). The van der Waals surface area contributed by atoms with Gasteiger partial charge in [-0.3, -0.25) is 9.69 Å². The summed E-state index contributed by atoms with van der Waals surface area (Å²) >= 11 is 0. The fourth-order valence-corrected chi connectivity index (χ4v) is 4.14. The summed E-state index contributed by atoms with van der Waals surface area (Å²) < 4.78 is 43.8. The molecule has 1 saturated heterocycles. The minimum absolute atomic E-state index is 0.0367. The largest absolute Gasteiger partial charge is 0.460 e. The molecule has 0 unspecified atom stereocenters. The molecule has 0 amide bonds. The van der Waals surface area contributed by atoms with Crippen LogP contribution in [0.15, 0.2) is 63.6 Å². The van der Waals surface area contributed by atoms with Crippen LogP contribution < -0.4 is 0 Å². The Bertz CT molecular complexity index is 1370. The predicted octanol–water partition coefficient (Wildman–Crippen LogP) is 5.77. The van der Waals surface area contributed by atoms with Gasteiger partial charge < -0.3 is 13.8 Å². The monoisotopic (exact) mass is 508 g/mol. The van der Waals surface area contributed by atoms with Crippen molar-refractivity contribution >= 4 is 5.97 Å². The second-order valence-electron chi connectivity index (χ2n) is 9.99. The Balaban J connectivity index is 1.26. The van der Waals surface area contributed by atoms with Crippen LogP contribution >= 0.6 is 0 Å². The number of hydrogen-bond acceptors (Lipinski definition) is 8. The number of ether oxygens (including phenoxy) is 1. The maximum atomic E-state index is 13.9. The minimum atomic E-state index is -2.84. The van der Waals surface area contributed by atoms with Crippen LogP contribution in [-0.4, -0.2) is 44.9 Å². The standard InChI is InChI=1S/C27H26F2N4O4/c1-27(2,3)35-26(34)19-14-33(15-19)13-16-9-11-18(12-10-16)24-30-25(37-32-24)22-20(23(28)29)21(31-36-22)17-7-5-4-6-8-17/h4-12,19,23H,13-15H2,1-3H3. The molecular weight excluding hydrogens is 482 g/mol. The highest BCUT2D eigenvalue weighted by molar-refractivity contribution is 5.74. The van der Waals surface area contributed by atoms with Crippen LogP contribution in [0.25, 0.3) is 34.3 Å². The molecular formula is C27H26F2N4O4. The molecule has 0 spiro atoms. The molecule has 0 bridgehead atoms. The van der Waals surface area contributed by atoms with Gasteiger partial charge in [0.05, 0.1) is 11.5 Å². The van der Waals surface area contributed by atoms with Crippen molar-refractivity contribution in [3.8, 4) is 34.3 Å². The maximum absolute atomic E-state index is 13.9. The minimum Gasteiger partial charge on any atom is -0.460 e. The van der Waals surface area contributed by atoms with Crippen molar-refractivity contribution in [1.29, 1.82) is 0 Å². The summed E-state index contributed by atoms with van der Waals surface area (Å²) in [7, 11) is 0. The number of rotatable bonds is 7. The van der Waals surface area contributed by atoms with Gasteiger partial charge in [0.15, 0.2) is 0 Å². The number of alkyl halides is 2. The maximum Gasteiger partial charge on any atom is 0.312 e. The lowest BCUT2D eigenvalue weighted by atomic mass is 9.98. The normalized spacial score (nSPS) is 14.6. The van der Waals surface area contributed by atoms with E-state index in [1.165, 1.54) is 0 Å². The number of carbonyl (C=O) groups is 1. The summed E-state index contributed by atoms with van der Waals surface area (Å²) in [5.41, 5.74) is 1.38. The third-order valence-electron chi connectivity index (χ3n) is 5.93. The summed E-state index contributed by atoms with van der Waals surface area (Å²) in [6, 6.07) is 16.1. The molecule has 10 heteroatoms. The summed E-state index contributed by atoms with van der Waals surface area (Å²) in [4.78, 5) is 18.6. The zero-order valence-corrected chi connectivity index (χ0v) is 20.6. The zero-order valence-electron chi connectivity index (χ0n) is 20.6. The first-order chi connectivity index (χ1) is 17.7. The molecule has 1 aliphatic heterocycles. The Morgan fingerprint density at radius 3 is 2.38 bits per heavy atom.